The number of aryl methyl sites for hydroxylation is 2. The summed E-state index contributed by atoms with van der Waals surface area (Å²) in [5.74, 6) is 0.949. The third-order valence-electron chi connectivity index (χ3n) is 3.73. The van der Waals surface area contributed by atoms with Crippen molar-refractivity contribution >= 4 is 10.8 Å². The number of imidazole rings is 1. The molecule has 3 aromatic rings. The van der Waals surface area contributed by atoms with Gasteiger partial charge >= 0.3 is 0 Å². The molecule has 1 N–H and O–H groups in total. The average molecular weight is 280 g/mol. The number of benzene rings is 2. The van der Waals surface area contributed by atoms with E-state index in [0.717, 1.165) is 31.6 Å². The number of hydrogen-bond donors (Lipinski definition) is 1. The van der Waals surface area contributed by atoms with Crippen LogP contribution < -0.4 is 4.74 Å². The van der Waals surface area contributed by atoms with Gasteiger partial charge in [-0.2, -0.15) is 0 Å². The number of fused-ring (bicyclic) bond motifs is 1. The molecular formula is C18H20N2O. The van der Waals surface area contributed by atoms with Gasteiger partial charge in [0.2, 0.25) is 0 Å². The zero-order valence-electron chi connectivity index (χ0n) is 12.3. The van der Waals surface area contributed by atoms with Crippen LogP contribution in [0.1, 0.15) is 24.2 Å². The van der Waals surface area contributed by atoms with Gasteiger partial charge in [0.05, 0.1) is 18.6 Å². The van der Waals surface area contributed by atoms with Crippen molar-refractivity contribution in [3.8, 4) is 5.75 Å². The average Bonchev–Trinajstić information content (AvgIpc) is 2.92. The topological polar surface area (TPSA) is 37.9 Å². The summed E-state index contributed by atoms with van der Waals surface area (Å²) in [4.78, 5) is 7.42. The molecule has 2 aromatic carbocycles. The van der Waals surface area contributed by atoms with Gasteiger partial charge in [-0.05, 0) is 49.1 Å². The van der Waals surface area contributed by atoms with Gasteiger partial charge < -0.3 is 9.72 Å². The van der Waals surface area contributed by atoms with Crippen molar-refractivity contribution in [3.05, 3.63) is 60.2 Å². The Morgan fingerprint density at radius 3 is 2.71 bits per heavy atom. The van der Waals surface area contributed by atoms with E-state index in [2.05, 4.69) is 53.3 Å². The number of rotatable bonds is 6. The maximum absolute atomic E-state index is 5.84. The van der Waals surface area contributed by atoms with E-state index in [0.29, 0.717) is 0 Å². The molecule has 0 amide bonds. The molecule has 0 fully saturated rings. The van der Waals surface area contributed by atoms with E-state index in [1.807, 2.05) is 6.07 Å². The van der Waals surface area contributed by atoms with Gasteiger partial charge in [-0.3, -0.25) is 0 Å². The Hall–Kier alpha value is -2.29. The lowest BCUT2D eigenvalue weighted by molar-refractivity contribution is 0.307. The Morgan fingerprint density at radius 2 is 1.90 bits per heavy atom. The third-order valence-corrected chi connectivity index (χ3v) is 3.73. The molecule has 0 unspecified atom stereocenters. The third kappa shape index (κ3) is 3.43. The SMILES string of the molecule is Cc1[nH]cnc1CCCCOc1ccc2ccccc2c1. The number of unbranched alkanes of at least 4 members (excludes halogenated alkanes) is 1. The standard InChI is InChI=1S/C18H20N2O/c1-14-18(20-13-19-14)8-4-5-11-21-17-10-9-15-6-2-3-7-16(15)12-17/h2-3,6-7,9-10,12-13H,4-5,8,11H2,1H3,(H,19,20). The van der Waals surface area contributed by atoms with Crippen molar-refractivity contribution in [1.82, 2.24) is 9.97 Å². The minimum atomic E-state index is 0.752. The van der Waals surface area contributed by atoms with E-state index in [1.54, 1.807) is 6.33 Å². The van der Waals surface area contributed by atoms with Crippen LogP contribution in [0.4, 0.5) is 0 Å². The van der Waals surface area contributed by atoms with Crippen molar-refractivity contribution in [1.29, 1.82) is 0 Å². The van der Waals surface area contributed by atoms with E-state index in [9.17, 15) is 0 Å². The summed E-state index contributed by atoms with van der Waals surface area (Å²) in [5.41, 5.74) is 2.34. The first-order valence-corrected chi connectivity index (χ1v) is 7.43. The first-order valence-electron chi connectivity index (χ1n) is 7.43. The molecule has 108 valence electrons. The molecule has 0 saturated heterocycles. The van der Waals surface area contributed by atoms with E-state index >= 15 is 0 Å². The lowest BCUT2D eigenvalue weighted by atomic mass is 10.1. The van der Waals surface area contributed by atoms with Crippen LogP contribution in [0.3, 0.4) is 0 Å². The van der Waals surface area contributed by atoms with E-state index in [1.165, 1.54) is 22.2 Å². The highest BCUT2D eigenvalue weighted by Crippen LogP contribution is 2.20. The van der Waals surface area contributed by atoms with Gasteiger partial charge in [-0.15, -0.1) is 0 Å². The molecule has 3 rings (SSSR count). The van der Waals surface area contributed by atoms with E-state index in [4.69, 9.17) is 4.74 Å². The zero-order valence-corrected chi connectivity index (χ0v) is 12.3. The Morgan fingerprint density at radius 1 is 1.05 bits per heavy atom. The number of aromatic nitrogens is 2. The Balaban J connectivity index is 1.47. The molecule has 1 aromatic heterocycles. The Bertz CT molecular complexity index is 718. The second kappa shape index (κ2) is 6.44. The van der Waals surface area contributed by atoms with Crippen LogP contribution in [0.25, 0.3) is 10.8 Å². The number of ether oxygens (including phenoxy) is 1. The summed E-state index contributed by atoms with van der Waals surface area (Å²) < 4.78 is 5.84. The van der Waals surface area contributed by atoms with Crippen LogP contribution in [-0.2, 0) is 6.42 Å². The molecule has 0 aliphatic heterocycles. The van der Waals surface area contributed by atoms with Gasteiger partial charge in [0.1, 0.15) is 5.75 Å². The molecule has 3 heteroatoms. The fraction of sp³-hybridized carbons (Fsp3) is 0.278. The molecular weight excluding hydrogens is 260 g/mol. The van der Waals surface area contributed by atoms with Crippen LogP contribution in [-0.4, -0.2) is 16.6 Å². The predicted octanol–water partition coefficient (Wildman–Crippen LogP) is 4.27. The van der Waals surface area contributed by atoms with E-state index in [-0.39, 0.29) is 0 Å². The Kier molecular flexibility index (Phi) is 4.20. The maximum Gasteiger partial charge on any atom is 0.119 e. The highest BCUT2D eigenvalue weighted by atomic mass is 16.5. The molecule has 21 heavy (non-hydrogen) atoms. The summed E-state index contributed by atoms with van der Waals surface area (Å²) in [6.45, 7) is 2.82. The largest absolute Gasteiger partial charge is 0.494 e. The van der Waals surface area contributed by atoms with Gasteiger partial charge in [0.25, 0.3) is 0 Å². The first kappa shape index (κ1) is 13.7. The second-order valence-electron chi connectivity index (χ2n) is 5.29. The Labute approximate surface area is 125 Å². The number of nitrogens with one attached hydrogen (secondary N) is 1. The minimum Gasteiger partial charge on any atom is -0.494 e. The van der Waals surface area contributed by atoms with Gasteiger partial charge in [0.15, 0.2) is 0 Å². The normalized spacial score (nSPS) is 10.9. The monoisotopic (exact) mass is 280 g/mol. The molecule has 0 aliphatic rings. The second-order valence-corrected chi connectivity index (χ2v) is 5.29. The van der Waals surface area contributed by atoms with Crippen molar-refractivity contribution in [2.45, 2.75) is 26.2 Å². The summed E-state index contributed by atoms with van der Waals surface area (Å²) >= 11 is 0. The number of hydrogen-bond acceptors (Lipinski definition) is 2. The van der Waals surface area contributed by atoms with Crippen LogP contribution in [0.5, 0.6) is 5.75 Å². The molecule has 0 radical (unpaired) electrons. The van der Waals surface area contributed by atoms with Crippen LogP contribution in [0.2, 0.25) is 0 Å². The van der Waals surface area contributed by atoms with Gasteiger partial charge in [0, 0.05) is 5.69 Å². The molecule has 0 saturated carbocycles. The fourth-order valence-corrected chi connectivity index (χ4v) is 2.48. The lowest BCUT2D eigenvalue weighted by Crippen LogP contribution is -1.99. The van der Waals surface area contributed by atoms with Crippen molar-refractivity contribution in [2.24, 2.45) is 0 Å². The van der Waals surface area contributed by atoms with Gasteiger partial charge in [-0.25, -0.2) is 4.98 Å². The quantitative estimate of drug-likeness (QED) is 0.685. The number of aromatic amines is 1. The molecule has 3 nitrogen and oxygen atoms in total. The molecule has 1 heterocycles. The molecule has 0 aliphatic carbocycles. The summed E-state index contributed by atoms with van der Waals surface area (Å²) in [5, 5.41) is 2.47. The summed E-state index contributed by atoms with van der Waals surface area (Å²) in [6.07, 6.45) is 4.91. The number of nitrogens with zero attached hydrogens (tertiary/aromatic N) is 1. The minimum absolute atomic E-state index is 0.752. The van der Waals surface area contributed by atoms with Crippen LogP contribution in [0.15, 0.2) is 48.8 Å². The zero-order chi connectivity index (χ0) is 14.5. The summed E-state index contributed by atoms with van der Waals surface area (Å²) in [6, 6.07) is 14.6. The highest BCUT2D eigenvalue weighted by molar-refractivity contribution is 5.83. The smallest absolute Gasteiger partial charge is 0.119 e. The van der Waals surface area contributed by atoms with Crippen LogP contribution in [0, 0.1) is 6.92 Å². The summed E-state index contributed by atoms with van der Waals surface area (Å²) in [7, 11) is 0. The van der Waals surface area contributed by atoms with Gasteiger partial charge in [-0.1, -0.05) is 30.3 Å². The lowest BCUT2D eigenvalue weighted by Gasteiger charge is -2.07. The number of H-pyrrole nitrogens is 1. The predicted molar refractivity (Wildman–Crippen MR) is 85.7 cm³/mol. The van der Waals surface area contributed by atoms with Crippen molar-refractivity contribution < 1.29 is 4.74 Å². The first-order chi connectivity index (χ1) is 10.3. The highest BCUT2D eigenvalue weighted by Gasteiger charge is 2.01. The van der Waals surface area contributed by atoms with Crippen LogP contribution >= 0.6 is 0 Å². The van der Waals surface area contributed by atoms with Crippen molar-refractivity contribution in [2.75, 3.05) is 6.61 Å². The molecule has 0 spiro atoms. The van der Waals surface area contributed by atoms with Crippen molar-refractivity contribution in [3.63, 3.8) is 0 Å². The fourth-order valence-electron chi connectivity index (χ4n) is 2.48. The maximum atomic E-state index is 5.84. The molecule has 0 bridgehead atoms. The van der Waals surface area contributed by atoms with E-state index < -0.39 is 0 Å². The molecule has 0 atom stereocenters.